The number of nitrogens with two attached hydrogens (primary N) is 1. The van der Waals surface area contributed by atoms with Gasteiger partial charge in [-0.05, 0) is 35.7 Å². The van der Waals surface area contributed by atoms with Gasteiger partial charge < -0.3 is 10.6 Å². The highest BCUT2D eigenvalue weighted by molar-refractivity contribution is 6.42. The molecule has 0 amide bonds. The van der Waals surface area contributed by atoms with E-state index in [0.29, 0.717) is 16.6 Å². The molecule has 5 heteroatoms. The van der Waals surface area contributed by atoms with Crippen molar-refractivity contribution in [3.8, 4) is 0 Å². The molecule has 110 valence electrons. The summed E-state index contributed by atoms with van der Waals surface area (Å²) >= 11 is 12.4. The highest BCUT2D eigenvalue weighted by Gasteiger charge is 2.28. The van der Waals surface area contributed by atoms with Crippen molar-refractivity contribution in [3.63, 3.8) is 0 Å². The summed E-state index contributed by atoms with van der Waals surface area (Å²) in [5.41, 5.74) is 8.86. The number of hydrogen-bond acceptors (Lipinski definition) is 2. The predicted octanol–water partition coefficient (Wildman–Crippen LogP) is 4.20. The maximum atomic E-state index is 13.5. The first-order valence-corrected chi connectivity index (χ1v) is 7.56. The van der Waals surface area contributed by atoms with Crippen LogP contribution in [-0.4, -0.2) is 13.1 Å². The summed E-state index contributed by atoms with van der Waals surface area (Å²) in [6.07, 6.45) is 0.879. The molecule has 0 radical (unpaired) electrons. The summed E-state index contributed by atoms with van der Waals surface area (Å²) in [6.45, 7) is 1.18. The van der Waals surface area contributed by atoms with Crippen LogP contribution in [0.4, 0.5) is 10.1 Å². The molecule has 3 rings (SSSR count). The molecule has 0 saturated heterocycles. The molecule has 0 spiro atoms. The van der Waals surface area contributed by atoms with Gasteiger partial charge in [-0.3, -0.25) is 0 Å². The zero-order chi connectivity index (χ0) is 15.0. The molecule has 0 aliphatic carbocycles. The molecule has 2 aromatic rings. The smallest absolute Gasteiger partial charge is 0.125 e. The van der Waals surface area contributed by atoms with E-state index in [2.05, 4.69) is 4.90 Å². The maximum absolute atomic E-state index is 13.5. The van der Waals surface area contributed by atoms with Gasteiger partial charge in [0, 0.05) is 18.8 Å². The van der Waals surface area contributed by atoms with Gasteiger partial charge in [-0.1, -0.05) is 41.4 Å². The Bertz CT molecular complexity index is 675. The van der Waals surface area contributed by atoms with Crippen molar-refractivity contribution in [1.82, 2.24) is 0 Å². The summed E-state index contributed by atoms with van der Waals surface area (Å²) in [5, 5.41) is 1.02. The molecule has 21 heavy (non-hydrogen) atoms. The van der Waals surface area contributed by atoms with E-state index in [1.54, 1.807) is 12.1 Å². The van der Waals surface area contributed by atoms with Crippen LogP contribution in [0.2, 0.25) is 10.0 Å². The number of hydrogen-bond donors (Lipinski definition) is 1. The Morgan fingerprint density at radius 3 is 2.81 bits per heavy atom. The molecule has 0 saturated carbocycles. The third-order valence-electron chi connectivity index (χ3n) is 3.92. The van der Waals surface area contributed by atoms with Crippen molar-refractivity contribution >= 4 is 28.9 Å². The Morgan fingerprint density at radius 1 is 1.24 bits per heavy atom. The van der Waals surface area contributed by atoms with E-state index in [1.165, 1.54) is 6.07 Å². The number of rotatable bonds is 3. The van der Waals surface area contributed by atoms with Crippen LogP contribution in [0.5, 0.6) is 0 Å². The molecule has 1 heterocycles. The third kappa shape index (κ3) is 2.61. The predicted molar refractivity (Wildman–Crippen MR) is 85.7 cm³/mol. The summed E-state index contributed by atoms with van der Waals surface area (Å²) < 4.78 is 13.5. The van der Waals surface area contributed by atoms with Gasteiger partial charge in [0.25, 0.3) is 0 Å². The normalized spacial score (nSPS) is 15.1. The van der Waals surface area contributed by atoms with E-state index in [-0.39, 0.29) is 11.9 Å². The lowest BCUT2D eigenvalue weighted by Crippen LogP contribution is -2.32. The molecule has 0 fully saturated rings. The van der Waals surface area contributed by atoms with Crippen molar-refractivity contribution < 1.29 is 4.39 Å². The van der Waals surface area contributed by atoms with Gasteiger partial charge in [0.2, 0.25) is 0 Å². The Labute approximate surface area is 133 Å². The summed E-state index contributed by atoms with van der Waals surface area (Å²) in [5.74, 6) is -0.242. The van der Waals surface area contributed by atoms with Gasteiger partial charge in [-0.25, -0.2) is 4.39 Å². The van der Waals surface area contributed by atoms with Gasteiger partial charge in [0.05, 0.1) is 16.1 Å². The molecule has 2 N–H and O–H groups in total. The fraction of sp³-hybridized carbons (Fsp3) is 0.250. The Morgan fingerprint density at radius 2 is 2.05 bits per heavy atom. The van der Waals surface area contributed by atoms with Crippen molar-refractivity contribution in [3.05, 3.63) is 63.4 Å². The topological polar surface area (TPSA) is 29.3 Å². The molecular formula is C16H15Cl2FN2. The minimum absolute atomic E-state index is 0.112. The highest BCUT2D eigenvalue weighted by atomic mass is 35.5. The van der Waals surface area contributed by atoms with Crippen LogP contribution in [0.3, 0.4) is 0 Å². The van der Waals surface area contributed by atoms with Gasteiger partial charge in [0.1, 0.15) is 5.82 Å². The Kier molecular flexibility index (Phi) is 4.07. The van der Waals surface area contributed by atoms with Crippen LogP contribution in [0, 0.1) is 5.82 Å². The van der Waals surface area contributed by atoms with E-state index in [4.69, 9.17) is 28.9 Å². The average Bonchev–Trinajstić information content (AvgIpc) is 2.87. The molecule has 1 aliphatic rings. The van der Waals surface area contributed by atoms with Crippen molar-refractivity contribution in [2.75, 3.05) is 18.0 Å². The lowest BCUT2D eigenvalue weighted by atomic mass is 10.0. The van der Waals surface area contributed by atoms with Crippen molar-refractivity contribution in [1.29, 1.82) is 0 Å². The molecule has 1 atom stereocenters. The SMILES string of the molecule is NCC(c1cccc(Cl)c1Cl)N1CCc2ccc(F)cc21. The maximum Gasteiger partial charge on any atom is 0.125 e. The molecule has 0 bridgehead atoms. The van der Waals surface area contributed by atoms with E-state index in [0.717, 1.165) is 29.8 Å². The van der Waals surface area contributed by atoms with Crippen molar-refractivity contribution in [2.45, 2.75) is 12.5 Å². The first-order valence-electron chi connectivity index (χ1n) is 6.81. The second-order valence-corrected chi connectivity index (χ2v) is 5.90. The molecule has 2 aromatic carbocycles. The number of halogens is 3. The fourth-order valence-corrected chi connectivity index (χ4v) is 3.33. The molecule has 1 unspecified atom stereocenters. The quantitative estimate of drug-likeness (QED) is 0.917. The van der Waals surface area contributed by atoms with E-state index in [1.807, 2.05) is 18.2 Å². The van der Waals surface area contributed by atoms with Crippen LogP contribution in [0.15, 0.2) is 36.4 Å². The highest BCUT2D eigenvalue weighted by Crippen LogP contribution is 2.38. The summed E-state index contributed by atoms with van der Waals surface area (Å²) in [7, 11) is 0. The molecule has 2 nitrogen and oxygen atoms in total. The zero-order valence-corrected chi connectivity index (χ0v) is 12.8. The first-order chi connectivity index (χ1) is 10.1. The van der Waals surface area contributed by atoms with Crippen LogP contribution in [0.1, 0.15) is 17.2 Å². The number of benzene rings is 2. The lowest BCUT2D eigenvalue weighted by Gasteiger charge is -2.30. The second kappa shape index (κ2) is 5.84. The Balaban J connectivity index is 2.03. The molecular weight excluding hydrogens is 310 g/mol. The lowest BCUT2D eigenvalue weighted by molar-refractivity contribution is 0.621. The summed E-state index contributed by atoms with van der Waals surface area (Å²) in [6, 6.07) is 10.3. The van der Waals surface area contributed by atoms with E-state index in [9.17, 15) is 4.39 Å². The molecule has 0 aromatic heterocycles. The van der Waals surface area contributed by atoms with Gasteiger partial charge >= 0.3 is 0 Å². The largest absolute Gasteiger partial charge is 0.363 e. The van der Waals surface area contributed by atoms with E-state index < -0.39 is 0 Å². The average molecular weight is 325 g/mol. The van der Waals surface area contributed by atoms with E-state index >= 15 is 0 Å². The first kappa shape index (κ1) is 14.6. The minimum Gasteiger partial charge on any atom is -0.363 e. The summed E-state index contributed by atoms with van der Waals surface area (Å²) in [4.78, 5) is 2.11. The third-order valence-corrected chi connectivity index (χ3v) is 4.75. The standard InChI is InChI=1S/C16H15Cl2FN2/c17-13-3-1-2-12(16(13)18)15(9-20)21-7-6-10-4-5-11(19)8-14(10)21/h1-5,8,15H,6-7,9,20H2. The van der Waals surface area contributed by atoms with Crippen LogP contribution in [0.25, 0.3) is 0 Å². The fourth-order valence-electron chi connectivity index (χ4n) is 2.90. The zero-order valence-electron chi connectivity index (χ0n) is 11.3. The monoisotopic (exact) mass is 324 g/mol. The van der Waals surface area contributed by atoms with Crippen LogP contribution < -0.4 is 10.6 Å². The van der Waals surface area contributed by atoms with Crippen LogP contribution >= 0.6 is 23.2 Å². The number of nitrogens with zero attached hydrogens (tertiary/aromatic N) is 1. The van der Waals surface area contributed by atoms with Gasteiger partial charge in [-0.15, -0.1) is 0 Å². The second-order valence-electron chi connectivity index (χ2n) is 5.11. The molecule has 1 aliphatic heterocycles. The van der Waals surface area contributed by atoms with Crippen LogP contribution in [-0.2, 0) is 6.42 Å². The van der Waals surface area contributed by atoms with Gasteiger partial charge in [0.15, 0.2) is 0 Å². The minimum atomic E-state index is -0.242. The van der Waals surface area contributed by atoms with Gasteiger partial charge in [-0.2, -0.15) is 0 Å². The number of anilines is 1. The van der Waals surface area contributed by atoms with Crippen molar-refractivity contribution in [2.24, 2.45) is 5.73 Å². The Hall–Kier alpha value is -1.29. The number of fused-ring (bicyclic) bond motifs is 1.